The molecule has 3 aromatic carbocycles. The van der Waals surface area contributed by atoms with E-state index in [1.807, 2.05) is 6.92 Å². The van der Waals surface area contributed by atoms with E-state index in [1.54, 1.807) is 18.9 Å². The zero-order valence-corrected chi connectivity index (χ0v) is 24.2. The number of benzene rings is 3. The summed E-state index contributed by atoms with van der Waals surface area (Å²) >= 11 is 1.80. The minimum Gasteiger partial charge on any atom is -0.493 e. The summed E-state index contributed by atoms with van der Waals surface area (Å²) in [6.45, 7) is 7.98. The van der Waals surface area contributed by atoms with E-state index in [9.17, 15) is 4.79 Å². The minimum atomic E-state index is -0.121. The van der Waals surface area contributed by atoms with Crippen LogP contribution in [0.3, 0.4) is 0 Å². The van der Waals surface area contributed by atoms with Gasteiger partial charge in [0, 0.05) is 36.7 Å². The van der Waals surface area contributed by atoms with Gasteiger partial charge in [0.15, 0.2) is 0 Å². The Balaban J connectivity index is 1.32. The first-order valence-electron chi connectivity index (χ1n) is 13.9. The van der Waals surface area contributed by atoms with Gasteiger partial charge in [0.1, 0.15) is 17.6 Å². The fraction of sp³-hybridized carbons (Fsp3) is 0.424. The van der Waals surface area contributed by atoms with Gasteiger partial charge in [-0.3, -0.25) is 4.79 Å². The van der Waals surface area contributed by atoms with Crippen LogP contribution in [0.5, 0.6) is 11.5 Å². The minimum absolute atomic E-state index is 0.0312. The molecular formula is C33H38O5S. The summed E-state index contributed by atoms with van der Waals surface area (Å²) in [5, 5.41) is 0. The second kappa shape index (κ2) is 12.5. The maximum absolute atomic E-state index is 12.0. The quantitative estimate of drug-likeness (QED) is 0.182. The highest BCUT2D eigenvalue weighted by molar-refractivity contribution is 7.99. The molecule has 1 aliphatic carbocycles. The van der Waals surface area contributed by atoms with Crippen LogP contribution in [0.2, 0.25) is 0 Å². The first kappa shape index (κ1) is 27.6. The maximum atomic E-state index is 12.0. The molecule has 1 aliphatic heterocycles. The average molecular weight is 547 g/mol. The van der Waals surface area contributed by atoms with Crippen molar-refractivity contribution in [1.29, 1.82) is 0 Å². The van der Waals surface area contributed by atoms with Gasteiger partial charge in [-0.15, -0.1) is 11.8 Å². The molecule has 0 N–H and O–H groups in total. The molecule has 1 heterocycles. The van der Waals surface area contributed by atoms with Crippen molar-refractivity contribution in [1.82, 2.24) is 0 Å². The molecule has 0 saturated carbocycles. The van der Waals surface area contributed by atoms with Crippen LogP contribution in [0.4, 0.5) is 0 Å². The number of ether oxygens (including phenoxy) is 4. The van der Waals surface area contributed by atoms with Crippen LogP contribution < -0.4 is 9.47 Å². The molecule has 0 unspecified atom stereocenters. The lowest BCUT2D eigenvalue weighted by atomic mass is 9.90. The SMILES string of the molecule is CCOC(=O)C[C@@H]1CSc2cc(O[C@H]3CCc4c(-c5c(C)cc(OCCCOC)cc5C)cccc43)ccc21. The molecule has 206 valence electrons. The number of rotatable bonds is 11. The monoisotopic (exact) mass is 546 g/mol. The third-order valence-electron chi connectivity index (χ3n) is 7.61. The van der Waals surface area contributed by atoms with Gasteiger partial charge in [-0.2, -0.15) is 0 Å². The van der Waals surface area contributed by atoms with Crippen LogP contribution in [-0.2, 0) is 20.7 Å². The summed E-state index contributed by atoms with van der Waals surface area (Å²) in [5.74, 6) is 2.80. The molecule has 2 atom stereocenters. The van der Waals surface area contributed by atoms with Crippen molar-refractivity contribution in [3.05, 3.63) is 76.3 Å². The first-order valence-corrected chi connectivity index (χ1v) is 14.9. The van der Waals surface area contributed by atoms with Crippen molar-refractivity contribution in [2.75, 3.05) is 32.7 Å². The first-order chi connectivity index (χ1) is 19.0. The van der Waals surface area contributed by atoms with Crippen LogP contribution in [0, 0.1) is 13.8 Å². The Morgan fingerprint density at radius 3 is 2.59 bits per heavy atom. The van der Waals surface area contributed by atoms with Crippen molar-refractivity contribution in [3.8, 4) is 22.6 Å². The van der Waals surface area contributed by atoms with Crippen LogP contribution in [-0.4, -0.2) is 38.7 Å². The van der Waals surface area contributed by atoms with E-state index in [1.165, 1.54) is 43.8 Å². The fourth-order valence-electron chi connectivity index (χ4n) is 5.88. The number of thioether (sulfide) groups is 1. The van der Waals surface area contributed by atoms with E-state index in [-0.39, 0.29) is 18.0 Å². The molecule has 0 bridgehead atoms. The zero-order chi connectivity index (χ0) is 27.4. The molecule has 0 amide bonds. The summed E-state index contributed by atoms with van der Waals surface area (Å²) in [6.07, 6.45) is 3.30. The van der Waals surface area contributed by atoms with E-state index in [0.717, 1.165) is 36.5 Å². The van der Waals surface area contributed by atoms with Gasteiger partial charge in [0.25, 0.3) is 0 Å². The van der Waals surface area contributed by atoms with Gasteiger partial charge in [-0.25, -0.2) is 0 Å². The van der Waals surface area contributed by atoms with E-state index in [2.05, 4.69) is 62.4 Å². The van der Waals surface area contributed by atoms with Crippen LogP contribution in [0.15, 0.2) is 53.4 Å². The molecule has 2 aliphatic rings. The van der Waals surface area contributed by atoms with Crippen molar-refractivity contribution in [2.45, 2.75) is 63.4 Å². The highest BCUT2D eigenvalue weighted by Gasteiger charge is 2.29. The van der Waals surface area contributed by atoms with Gasteiger partial charge >= 0.3 is 5.97 Å². The van der Waals surface area contributed by atoms with Crippen LogP contribution in [0.25, 0.3) is 11.1 Å². The van der Waals surface area contributed by atoms with E-state index in [0.29, 0.717) is 26.2 Å². The Morgan fingerprint density at radius 2 is 1.82 bits per heavy atom. The smallest absolute Gasteiger partial charge is 0.306 e. The standard InChI is InChI=1S/C33H38O5S/c1-5-36-32(34)18-23-20-39-31-19-24(10-11-26(23)31)38-30-13-12-27-28(30)8-6-9-29(27)33-21(2)16-25(17-22(33)3)37-15-7-14-35-4/h6,8-11,16-17,19,23,30H,5,7,12-15,18,20H2,1-4H3/t23-,30+/m1/s1. The third-order valence-corrected chi connectivity index (χ3v) is 8.85. The molecule has 5 nitrogen and oxygen atoms in total. The lowest BCUT2D eigenvalue weighted by Gasteiger charge is -2.19. The summed E-state index contributed by atoms with van der Waals surface area (Å²) in [4.78, 5) is 13.2. The highest BCUT2D eigenvalue weighted by atomic mass is 32.2. The second-order valence-corrected chi connectivity index (χ2v) is 11.4. The van der Waals surface area contributed by atoms with Crippen molar-refractivity contribution in [3.63, 3.8) is 0 Å². The summed E-state index contributed by atoms with van der Waals surface area (Å²) in [6, 6.07) is 17.2. The highest BCUT2D eigenvalue weighted by Crippen LogP contribution is 2.46. The molecule has 39 heavy (non-hydrogen) atoms. The average Bonchev–Trinajstić information content (AvgIpc) is 3.51. The molecule has 3 aromatic rings. The number of hydrogen-bond donors (Lipinski definition) is 0. The molecule has 6 heteroatoms. The molecule has 0 spiro atoms. The van der Waals surface area contributed by atoms with E-state index >= 15 is 0 Å². The molecule has 5 rings (SSSR count). The van der Waals surface area contributed by atoms with Crippen molar-refractivity contribution >= 4 is 17.7 Å². The predicted octanol–water partition coefficient (Wildman–Crippen LogP) is 7.59. The Bertz CT molecular complexity index is 1310. The van der Waals surface area contributed by atoms with Gasteiger partial charge in [-0.1, -0.05) is 24.3 Å². The van der Waals surface area contributed by atoms with Crippen LogP contribution in [0.1, 0.15) is 66.0 Å². The Labute approximate surface area is 236 Å². The number of esters is 1. The van der Waals surface area contributed by atoms with Gasteiger partial charge in [-0.05, 0) is 96.8 Å². The zero-order valence-electron chi connectivity index (χ0n) is 23.4. The number of carbonyl (C=O) groups is 1. The molecular weight excluding hydrogens is 508 g/mol. The van der Waals surface area contributed by atoms with Crippen LogP contribution >= 0.6 is 11.8 Å². The summed E-state index contributed by atoms with van der Waals surface area (Å²) in [7, 11) is 1.71. The third kappa shape index (κ3) is 6.12. The van der Waals surface area contributed by atoms with Crippen molar-refractivity contribution in [2.24, 2.45) is 0 Å². The van der Waals surface area contributed by atoms with E-state index < -0.39 is 0 Å². The summed E-state index contributed by atoms with van der Waals surface area (Å²) < 4.78 is 22.9. The summed E-state index contributed by atoms with van der Waals surface area (Å²) in [5.41, 5.74) is 8.92. The molecule has 0 fully saturated rings. The number of aryl methyl sites for hydroxylation is 2. The number of methoxy groups -OCH3 is 1. The Hall–Kier alpha value is -2.96. The molecule has 0 saturated heterocycles. The lowest BCUT2D eigenvalue weighted by molar-refractivity contribution is -0.143. The fourth-order valence-corrected chi connectivity index (χ4v) is 7.16. The molecule has 0 radical (unpaired) electrons. The number of carbonyl (C=O) groups excluding carboxylic acids is 1. The van der Waals surface area contributed by atoms with Gasteiger partial charge < -0.3 is 18.9 Å². The maximum Gasteiger partial charge on any atom is 0.306 e. The number of fused-ring (bicyclic) bond motifs is 2. The van der Waals surface area contributed by atoms with Gasteiger partial charge in [0.05, 0.1) is 19.6 Å². The number of hydrogen-bond acceptors (Lipinski definition) is 6. The normalized spacial score (nSPS) is 17.5. The second-order valence-electron chi connectivity index (χ2n) is 10.4. The largest absolute Gasteiger partial charge is 0.493 e. The predicted molar refractivity (Wildman–Crippen MR) is 156 cm³/mol. The topological polar surface area (TPSA) is 54.0 Å². The lowest BCUT2D eigenvalue weighted by Crippen LogP contribution is -2.10. The van der Waals surface area contributed by atoms with Crippen molar-refractivity contribution < 1.29 is 23.7 Å². The Morgan fingerprint density at radius 1 is 1.00 bits per heavy atom. The Kier molecular flexibility index (Phi) is 8.83. The molecule has 0 aromatic heterocycles. The van der Waals surface area contributed by atoms with E-state index in [4.69, 9.17) is 18.9 Å². The van der Waals surface area contributed by atoms with Gasteiger partial charge in [0.2, 0.25) is 0 Å².